The monoisotopic (exact) mass is 249 g/mol. The highest BCUT2D eigenvalue weighted by Crippen LogP contribution is 2.23. The van der Waals surface area contributed by atoms with Crippen molar-refractivity contribution in [1.29, 1.82) is 0 Å². The molecule has 0 saturated carbocycles. The van der Waals surface area contributed by atoms with Gasteiger partial charge in [-0.2, -0.15) is 0 Å². The van der Waals surface area contributed by atoms with Gasteiger partial charge in [0.2, 0.25) is 0 Å². The number of anilines is 1. The molecule has 18 heavy (non-hydrogen) atoms. The van der Waals surface area contributed by atoms with E-state index in [9.17, 15) is 4.79 Å². The van der Waals surface area contributed by atoms with Crippen LogP contribution in [0.1, 0.15) is 6.42 Å². The second-order valence-corrected chi connectivity index (χ2v) is 4.42. The van der Waals surface area contributed by atoms with Gasteiger partial charge >= 0.3 is 13.1 Å². The highest BCUT2D eigenvalue weighted by Gasteiger charge is 2.29. The highest BCUT2D eigenvalue weighted by molar-refractivity contribution is 6.58. The molecular formula is C12H16BNO4. The summed E-state index contributed by atoms with van der Waals surface area (Å²) in [5.74, 6) is -0.284. The van der Waals surface area contributed by atoms with Gasteiger partial charge in [-0.15, -0.1) is 0 Å². The molecule has 1 aromatic rings. The molecule has 6 heteroatoms. The number of methoxy groups -OCH3 is 1. The lowest BCUT2D eigenvalue weighted by Crippen LogP contribution is -2.31. The van der Waals surface area contributed by atoms with Crippen LogP contribution in [0.25, 0.3) is 0 Å². The number of nitrogens with zero attached hydrogens (tertiary/aromatic N) is 1. The zero-order valence-electron chi connectivity index (χ0n) is 10.2. The van der Waals surface area contributed by atoms with E-state index >= 15 is 0 Å². The van der Waals surface area contributed by atoms with Crippen molar-refractivity contribution in [2.24, 2.45) is 5.92 Å². The van der Waals surface area contributed by atoms with Crippen LogP contribution in [0.2, 0.25) is 0 Å². The number of ether oxygens (including phenoxy) is 1. The summed E-state index contributed by atoms with van der Waals surface area (Å²) in [5, 5.41) is 18.3. The van der Waals surface area contributed by atoms with Crippen LogP contribution in [-0.4, -0.2) is 43.3 Å². The van der Waals surface area contributed by atoms with E-state index in [0.717, 1.165) is 18.7 Å². The number of carbonyl (C=O) groups is 1. The molecule has 0 aromatic heterocycles. The van der Waals surface area contributed by atoms with Crippen molar-refractivity contribution in [3.63, 3.8) is 0 Å². The fraction of sp³-hybridized carbons (Fsp3) is 0.417. The maximum atomic E-state index is 11.4. The third kappa shape index (κ3) is 2.65. The average Bonchev–Trinajstić information content (AvgIpc) is 2.87. The summed E-state index contributed by atoms with van der Waals surface area (Å²) in [4.78, 5) is 13.5. The molecule has 2 N–H and O–H groups in total. The minimum atomic E-state index is -1.47. The Bertz CT molecular complexity index is 438. The molecule has 1 aliphatic rings. The van der Waals surface area contributed by atoms with Gasteiger partial charge in [-0.1, -0.05) is 12.1 Å². The average molecular weight is 249 g/mol. The van der Waals surface area contributed by atoms with Crippen molar-refractivity contribution in [2.75, 3.05) is 25.1 Å². The maximum absolute atomic E-state index is 11.4. The van der Waals surface area contributed by atoms with Gasteiger partial charge in [-0.25, -0.2) is 0 Å². The first kappa shape index (κ1) is 12.9. The number of hydrogen-bond acceptors (Lipinski definition) is 5. The van der Waals surface area contributed by atoms with E-state index in [4.69, 9.17) is 14.8 Å². The van der Waals surface area contributed by atoms with Gasteiger partial charge in [0.25, 0.3) is 0 Å². The van der Waals surface area contributed by atoms with Crippen LogP contribution < -0.4 is 10.4 Å². The van der Waals surface area contributed by atoms with Crippen molar-refractivity contribution < 1.29 is 19.6 Å². The number of esters is 1. The van der Waals surface area contributed by atoms with Crippen LogP contribution in [0.5, 0.6) is 0 Å². The van der Waals surface area contributed by atoms with Crippen LogP contribution in [0.3, 0.4) is 0 Å². The lowest BCUT2D eigenvalue weighted by molar-refractivity contribution is -0.144. The molecular weight excluding hydrogens is 233 g/mol. The molecule has 1 unspecified atom stereocenters. The Morgan fingerprint density at radius 1 is 1.50 bits per heavy atom. The summed E-state index contributed by atoms with van der Waals surface area (Å²) in [7, 11) is -0.0720. The minimum Gasteiger partial charge on any atom is -0.469 e. The molecule has 1 fully saturated rings. The van der Waals surface area contributed by atoms with Gasteiger partial charge < -0.3 is 19.7 Å². The maximum Gasteiger partial charge on any atom is 0.488 e. The number of rotatable bonds is 3. The van der Waals surface area contributed by atoms with E-state index in [-0.39, 0.29) is 11.9 Å². The zero-order chi connectivity index (χ0) is 13.1. The molecule has 1 aromatic carbocycles. The highest BCUT2D eigenvalue weighted by atomic mass is 16.5. The Hall–Kier alpha value is -1.53. The third-order valence-corrected chi connectivity index (χ3v) is 3.26. The summed E-state index contributed by atoms with van der Waals surface area (Å²) >= 11 is 0. The van der Waals surface area contributed by atoms with Gasteiger partial charge in [0.15, 0.2) is 0 Å². The number of hydrogen-bond donors (Lipinski definition) is 2. The van der Waals surface area contributed by atoms with Crippen LogP contribution in [-0.2, 0) is 9.53 Å². The minimum absolute atomic E-state index is 0.0993. The quantitative estimate of drug-likeness (QED) is 0.551. The molecule has 1 atom stereocenters. The summed E-state index contributed by atoms with van der Waals surface area (Å²) in [6, 6.07) is 7.05. The van der Waals surface area contributed by atoms with Gasteiger partial charge in [0.1, 0.15) is 0 Å². The Labute approximate surface area is 106 Å². The van der Waals surface area contributed by atoms with Crippen LogP contribution in [0.4, 0.5) is 5.69 Å². The van der Waals surface area contributed by atoms with E-state index in [2.05, 4.69) is 0 Å². The van der Waals surface area contributed by atoms with E-state index < -0.39 is 7.12 Å². The van der Waals surface area contributed by atoms with Gasteiger partial charge in [0, 0.05) is 18.8 Å². The van der Waals surface area contributed by atoms with Crippen molar-refractivity contribution in [3.05, 3.63) is 24.3 Å². The molecule has 2 rings (SSSR count). The number of carbonyl (C=O) groups excluding carboxylic acids is 1. The van der Waals surface area contributed by atoms with Crippen molar-refractivity contribution in [3.8, 4) is 0 Å². The molecule has 0 amide bonds. The molecule has 0 aliphatic carbocycles. The first-order valence-corrected chi connectivity index (χ1v) is 5.90. The molecule has 1 saturated heterocycles. The second-order valence-electron chi connectivity index (χ2n) is 4.42. The standard InChI is InChI=1S/C12H16BNO4/c1-18-12(15)9-5-6-14(8-9)11-4-2-3-10(7-11)13(16)17/h2-4,7,9,16-17H,5-6,8H2,1H3. The Balaban J connectivity index is 2.09. The van der Waals surface area contributed by atoms with Gasteiger partial charge in [0.05, 0.1) is 13.0 Å². The molecule has 0 spiro atoms. The van der Waals surface area contributed by atoms with Crippen LogP contribution in [0.15, 0.2) is 24.3 Å². The second kappa shape index (κ2) is 5.41. The topological polar surface area (TPSA) is 70.0 Å². The van der Waals surface area contributed by atoms with Crippen LogP contribution >= 0.6 is 0 Å². The summed E-state index contributed by atoms with van der Waals surface area (Å²) in [6.07, 6.45) is 0.762. The lowest BCUT2D eigenvalue weighted by atomic mass is 9.80. The largest absolute Gasteiger partial charge is 0.488 e. The van der Waals surface area contributed by atoms with Gasteiger partial charge in [-0.3, -0.25) is 4.79 Å². The molecule has 1 aliphatic heterocycles. The van der Waals surface area contributed by atoms with Crippen molar-refractivity contribution in [2.45, 2.75) is 6.42 Å². The summed E-state index contributed by atoms with van der Waals surface area (Å²) in [5.41, 5.74) is 1.35. The predicted molar refractivity (Wildman–Crippen MR) is 68.6 cm³/mol. The third-order valence-electron chi connectivity index (χ3n) is 3.26. The van der Waals surface area contributed by atoms with Crippen LogP contribution in [0, 0.1) is 5.92 Å². The fourth-order valence-corrected chi connectivity index (χ4v) is 2.24. The zero-order valence-corrected chi connectivity index (χ0v) is 10.2. The first-order chi connectivity index (χ1) is 8.61. The summed E-state index contributed by atoms with van der Waals surface area (Å²) < 4.78 is 4.73. The molecule has 1 heterocycles. The molecule has 5 nitrogen and oxygen atoms in total. The first-order valence-electron chi connectivity index (χ1n) is 5.90. The molecule has 0 bridgehead atoms. The Kier molecular flexibility index (Phi) is 3.89. The molecule has 96 valence electrons. The lowest BCUT2D eigenvalue weighted by Gasteiger charge is -2.19. The SMILES string of the molecule is COC(=O)C1CCN(c2cccc(B(O)O)c2)C1. The van der Waals surface area contributed by atoms with E-state index in [0.29, 0.717) is 12.0 Å². The Morgan fingerprint density at radius 2 is 2.28 bits per heavy atom. The van der Waals surface area contributed by atoms with Gasteiger partial charge in [-0.05, 0) is 24.0 Å². The smallest absolute Gasteiger partial charge is 0.469 e. The van der Waals surface area contributed by atoms with Crippen molar-refractivity contribution >= 4 is 24.2 Å². The predicted octanol–water partition coefficient (Wildman–Crippen LogP) is -0.634. The fourth-order valence-electron chi connectivity index (χ4n) is 2.24. The Morgan fingerprint density at radius 3 is 2.94 bits per heavy atom. The van der Waals surface area contributed by atoms with E-state index in [1.807, 2.05) is 11.0 Å². The van der Waals surface area contributed by atoms with Crippen molar-refractivity contribution in [1.82, 2.24) is 0 Å². The normalized spacial score (nSPS) is 18.8. The summed E-state index contributed by atoms with van der Waals surface area (Å²) in [6.45, 7) is 1.38. The van der Waals surface area contributed by atoms with E-state index in [1.54, 1.807) is 18.2 Å². The van der Waals surface area contributed by atoms with E-state index in [1.165, 1.54) is 7.11 Å². The number of benzene rings is 1. The molecule has 0 radical (unpaired) electrons.